The smallest absolute Gasteiger partial charge is 0.162 e. The van der Waals surface area contributed by atoms with Crippen LogP contribution in [0.4, 0.5) is 5.82 Å². The number of nitrogens with one attached hydrogen (secondary N) is 1. The van der Waals surface area contributed by atoms with Gasteiger partial charge in [0.15, 0.2) is 11.5 Å². The van der Waals surface area contributed by atoms with Crippen LogP contribution in [0.5, 0.6) is 11.5 Å². The number of methoxy groups -OCH3 is 2. The summed E-state index contributed by atoms with van der Waals surface area (Å²) < 4.78 is 11.0. The Labute approximate surface area is 154 Å². The van der Waals surface area contributed by atoms with E-state index < -0.39 is 0 Å². The van der Waals surface area contributed by atoms with Gasteiger partial charge in [-0.15, -0.1) is 0 Å². The topological polar surface area (TPSA) is 59.5 Å². The van der Waals surface area contributed by atoms with Gasteiger partial charge in [-0.25, -0.2) is 9.97 Å². The number of nitrogens with zero attached hydrogens (tertiary/aromatic N) is 3. The molecule has 1 saturated heterocycles. The van der Waals surface area contributed by atoms with E-state index in [-0.39, 0.29) is 0 Å². The SMILES string of the molecule is COc1cc2nc(C3CCCCC3)nc(N3CCNCC3)c2cc1OC. The predicted molar refractivity (Wildman–Crippen MR) is 104 cm³/mol. The third kappa shape index (κ3) is 3.30. The number of anilines is 1. The Morgan fingerprint density at radius 3 is 2.35 bits per heavy atom. The van der Waals surface area contributed by atoms with Crippen LogP contribution in [0.1, 0.15) is 43.8 Å². The zero-order chi connectivity index (χ0) is 17.9. The van der Waals surface area contributed by atoms with Gasteiger partial charge in [0.05, 0.1) is 19.7 Å². The summed E-state index contributed by atoms with van der Waals surface area (Å²) in [6, 6.07) is 4.02. The van der Waals surface area contributed by atoms with Crippen LogP contribution < -0.4 is 19.7 Å². The van der Waals surface area contributed by atoms with Crippen molar-refractivity contribution in [3.63, 3.8) is 0 Å². The summed E-state index contributed by atoms with van der Waals surface area (Å²) in [4.78, 5) is 12.4. The van der Waals surface area contributed by atoms with Crippen molar-refractivity contribution in [2.45, 2.75) is 38.0 Å². The molecule has 2 aliphatic rings. The van der Waals surface area contributed by atoms with Gasteiger partial charge in [0, 0.05) is 43.5 Å². The molecule has 6 heteroatoms. The van der Waals surface area contributed by atoms with Gasteiger partial charge < -0.3 is 19.7 Å². The minimum Gasteiger partial charge on any atom is -0.493 e. The first kappa shape index (κ1) is 17.3. The molecule has 0 atom stereocenters. The van der Waals surface area contributed by atoms with Crippen LogP contribution in [0, 0.1) is 0 Å². The molecule has 2 aromatic rings. The van der Waals surface area contributed by atoms with Crippen LogP contribution in [0.15, 0.2) is 12.1 Å². The second-order valence-corrected chi connectivity index (χ2v) is 7.20. The fourth-order valence-electron chi connectivity index (χ4n) is 4.12. The molecule has 1 aromatic carbocycles. The van der Waals surface area contributed by atoms with Crippen LogP contribution in [0.2, 0.25) is 0 Å². The predicted octanol–water partition coefficient (Wildman–Crippen LogP) is 3.10. The van der Waals surface area contributed by atoms with Gasteiger partial charge in [-0.1, -0.05) is 19.3 Å². The molecule has 0 spiro atoms. The van der Waals surface area contributed by atoms with Crippen molar-refractivity contribution in [2.75, 3.05) is 45.3 Å². The van der Waals surface area contributed by atoms with E-state index in [0.29, 0.717) is 5.92 Å². The first-order chi connectivity index (χ1) is 12.8. The number of fused-ring (bicyclic) bond motifs is 1. The van der Waals surface area contributed by atoms with Crippen LogP contribution in [0.25, 0.3) is 10.9 Å². The van der Waals surface area contributed by atoms with Gasteiger partial charge in [0.25, 0.3) is 0 Å². The molecule has 140 valence electrons. The highest BCUT2D eigenvalue weighted by atomic mass is 16.5. The summed E-state index contributed by atoms with van der Waals surface area (Å²) in [5, 5.41) is 4.47. The molecular formula is C20H28N4O2. The number of benzene rings is 1. The Hall–Kier alpha value is -2.08. The van der Waals surface area contributed by atoms with Gasteiger partial charge in [0.2, 0.25) is 0 Å². The highest BCUT2D eigenvalue weighted by Gasteiger charge is 2.23. The number of hydrogen-bond donors (Lipinski definition) is 1. The van der Waals surface area contributed by atoms with Crippen LogP contribution in [-0.2, 0) is 0 Å². The summed E-state index contributed by atoms with van der Waals surface area (Å²) in [6.45, 7) is 3.89. The van der Waals surface area contributed by atoms with E-state index >= 15 is 0 Å². The lowest BCUT2D eigenvalue weighted by Crippen LogP contribution is -2.44. The molecule has 4 rings (SSSR count). The van der Waals surface area contributed by atoms with Crippen LogP contribution in [-0.4, -0.2) is 50.4 Å². The lowest BCUT2D eigenvalue weighted by Gasteiger charge is -2.30. The molecule has 0 amide bonds. The molecule has 6 nitrogen and oxygen atoms in total. The highest BCUT2D eigenvalue weighted by Crippen LogP contribution is 2.38. The number of rotatable bonds is 4. The van der Waals surface area contributed by atoms with Crippen LogP contribution >= 0.6 is 0 Å². The quantitative estimate of drug-likeness (QED) is 0.908. The van der Waals surface area contributed by atoms with Gasteiger partial charge in [0.1, 0.15) is 11.6 Å². The second-order valence-electron chi connectivity index (χ2n) is 7.20. The second kappa shape index (κ2) is 7.66. The molecule has 0 unspecified atom stereocenters. The van der Waals surface area contributed by atoms with Crippen molar-refractivity contribution in [1.82, 2.24) is 15.3 Å². The number of aromatic nitrogens is 2. The van der Waals surface area contributed by atoms with Crippen molar-refractivity contribution in [3.8, 4) is 11.5 Å². The van der Waals surface area contributed by atoms with Gasteiger partial charge in [-0.3, -0.25) is 0 Å². The lowest BCUT2D eigenvalue weighted by atomic mass is 9.88. The van der Waals surface area contributed by atoms with Crippen LogP contribution in [0.3, 0.4) is 0 Å². The molecule has 1 N–H and O–H groups in total. The van der Waals surface area contributed by atoms with Gasteiger partial charge in [-0.05, 0) is 18.9 Å². The van der Waals surface area contributed by atoms with E-state index in [4.69, 9.17) is 19.4 Å². The van der Waals surface area contributed by atoms with E-state index in [0.717, 1.165) is 60.2 Å². The van der Waals surface area contributed by atoms with Gasteiger partial charge >= 0.3 is 0 Å². The zero-order valence-electron chi connectivity index (χ0n) is 15.8. The van der Waals surface area contributed by atoms with E-state index in [9.17, 15) is 0 Å². The Kier molecular flexibility index (Phi) is 5.11. The molecular weight excluding hydrogens is 328 g/mol. The Morgan fingerprint density at radius 1 is 0.962 bits per heavy atom. The van der Waals surface area contributed by atoms with E-state index in [1.54, 1.807) is 14.2 Å². The molecule has 26 heavy (non-hydrogen) atoms. The molecule has 0 radical (unpaired) electrons. The molecule has 1 aliphatic heterocycles. The summed E-state index contributed by atoms with van der Waals surface area (Å²) in [7, 11) is 3.34. The van der Waals surface area contributed by atoms with Crippen molar-refractivity contribution in [1.29, 1.82) is 0 Å². The highest BCUT2D eigenvalue weighted by molar-refractivity contribution is 5.92. The molecule has 0 bridgehead atoms. The number of piperazine rings is 1. The maximum absolute atomic E-state index is 5.52. The summed E-state index contributed by atoms with van der Waals surface area (Å²) in [5.41, 5.74) is 0.951. The zero-order valence-corrected chi connectivity index (χ0v) is 15.8. The van der Waals surface area contributed by atoms with E-state index in [1.807, 2.05) is 12.1 Å². The first-order valence-corrected chi connectivity index (χ1v) is 9.69. The molecule has 2 heterocycles. The maximum Gasteiger partial charge on any atom is 0.162 e. The minimum absolute atomic E-state index is 0.475. The minimum atomic E-state index is 0.475. The Balaban J connectivity index is 1.85. The maximum atomic E-state index is 5.52. The third-order valence-corrected chi connectivity index (χ3v) is 5.59. The summed E-state index contributed by atoms with van der Waals surface area (Å²) in [5.74, 6) is 3.96. The monoisotopic (exact) mass is 356 g/mol. The molecule has 1 aliphatic carbocycles. The fourth-order valence-corrected chi connectivity index (χ4v) is 4.12. The van der Waals surface area contributed by atoms with Gasteiger partial charge in [-0.2, -0.15) is 0 Å². The normalized spacial score (nSPS) is 18.9. The Bertz CT molecular complexity index is 768. The Morgan fingerprint density at radius 2 is 1.65 bits per heavy atom. The van der Waals surface area contributed by atoms with Crippen molar-refractivity contribution >= 4 is 16.7 Å². The van der Waals surface area contributed by atoms with E-state index in [1.165, 1.54) is 32.1 Å². The summed E-state index contributed by atoms with van der Waals surface area (Å²) >= 11 is 0. The van der Waals surface area contributed by atoms with Crippen molar-refractivity contribution in [2.24, 2.45) is 0 Å². The number of hydrogen-bond acceptors (Lipinski definition) is 6. The lowest BCUT2D eigenvalue weighted by molar-refractivity contribution is 0.355. The third-order valence-electron chi connectivity index (χ3n) is 5.59. The molecule has 1 aromatic heterocycles. The molecule has 2 fully saturated rings. The standard InChI is InChI=1S/C20H28N4O2/c1-25-17-12-15-16(13-18(17)26-2)22-19(14-6-4-3-5-7-14)23-20(15)24-10-8-21-9-11-24/h12-14,21H,3-11H2,1-2H3. The molecule has 1 saturated carbocycles. The average Bonchev–Trinajstić information content (AvgIpc) is 2.73. The largest absolute Gasteiger partial charge is 0.493 e. The average molecular weight is 356 g/mol. The van der Waals surface area contributed by atoms with Crippen molar-refractivity contribution < 1.29 is 9.47 Å². The fraction of sp³-hybridized carbons (Fsp3) is 0.600. The van der Waals surface area contributed by atoms with Crippen molar-refractivity contribution in [3.05, 3.63) is 18.0 Å². The first-order valence-electron chi connectivity index (χ1n) is 9.69. The summed E-state index contributed by atoms with van der Waals surface area (Å²) in [6.07, 6.45) is 6.28. The van der Waals surface area contributed by atoms with E-state index in [2.05, 4.69) is 10.2 Å². The number of ether oxygens (including phenoxy) is 2.